The van der Waals surface area contributed by atoms with Crippen LogP contribution in [0, 0.1) is 6.92 Å². The minimum atomic E-state index is -3.70. The summed E-state index contributed by atoms with van der Waals surface area (Å²) in [7, 11) is -3.70. The summed E-state index contributed by atoms with van der Waals surface area (Å²) < 4.78 is 33.9. The molecule has 3 rings (SSSR count). The van der Waals surface area contributed by atoms with Crippen LogP contribution in [0.2, 0.25) is 0 Å². The Bertz CT molecular complexity index is 917. The van der Waals surface area contributed by atoms with E-state index in [2.05, 4.69) is 14.9 Å². The molecule has 0 aliphatic heterocycles. The van der Waals surface area contributed by atoms with E-state index in [1.54, 1.807) is 13.0 Å². The van der Waals surface area contributed by atoms with Gasteiger partial charge in [-0.25, -0.2) is 8.42 Å². The first-order valence-corrected chi connectivity index (χ1v) is 9.75. The van der Waals surface area contributed by atoms with E-state index in [0.29, 0.717) is 5.89 Å². The molecule has 24 heavy (non-hydrogen) atoms. The number of rotatable bonds is 6. The Morgan fingerprint density at radius 2 is 1.92 bits per heavy atom. The summed E-state index contributed by atoms with van der Waals surface area (Å²) in [6, 6.07) is 11.9. The lowest BCUT2D eigenvalue weighted by Gasteiger charge is -2.15. The van der Waals surface area contributed by atoms with Crippen molar-refractivity contribution in [3.8, 4) is 0 Å². The van der Waals surface area contributed by atoms with Crippen LogP contribution in [0.4, 0.5) is 0 Å². The Hall–Kier alpha value is -2.03. The third-order valence-corrected chi connectivity index (χ3v) is 6.59. The predicted molar refractivity (Wildman–Crippen MR) is 91.3 cm³/mol. The van der Waals surface area contributed by atoms with Crippen molar-refractivity contribution in [2.75, 3.05) is 0 Å². The molecule has 2 heterocycles. The normalized spacial score (nSPS) is 13.1. The van der Waals surface area contributed by atoms with Gasteiger partial charge in [-0.05, 0) is 24.1 Å². The van der Waals surface area contributed by atoms with Gasteiger partial charge < -0.3 is 4.42 Å². The highest BCUT2D eigenvalue weighted by molar-refractivity contribution is 7.91. The van der Waals surface area contributed by atoms with Crippen molar-refractivity contribution in [3.05, 3.63) is 64.7 Å². The lowest BCUT2D eigenvalue weighted by atomic mass is 10.1. The van der Waals surface area contributed by atoms with Gasteiger partial charge in [0.05, 0.1) is 0 Å². The first kappa shape index (κ1) is 16.8. The van der Waals surface area contributed by atoms with Gasteiger partial charge >= 0.3 is 0 Å². The van der Waals surface area contributed by atoms with Crippen molar-refractivity contribution < 1.29 is 12.8 Å². The fourth-order valence-electron chi connectivity index (χ4n) is 2.24. The number of thiophene rings is 1. The molecule has 0 fully saturated rings. The molecule has 0 spiro atoms. The molecule has 0 saturated carbocycles. The van der Waals surface area contributed by atoms with Crippen LogP contribution in [0.25, 0.3) is 0 Å². The van der Waals surface area contributed by atoms with E-state index in [4.69, 9.17) is 4.42 Å². The van der Waals surface area contributed by atoms with Crippen molar-refractivity contribution in [2.45, 2.75) is 30.5 Å². The maximum atomic E-state index is 12.7. The van der Waals surface area contributed by atoms with Crippen molar-refractivity contribution in [2.24, 2.45) is 0 Å². The van der Waals surface area contributed by atoms with Gasteiger partial charge in [0, 0.05) is 11.8 Å². The van der Waals surface area contributed by atoms with Crippen molar-refractivity contribution in [1.82, 2.24) is 14.9 Å². The van der Waals surface area contributed by atoms with Crippen molar-refractivity contribution in [3.63, 3.8) is 0 Å². The fourth-order valence-corrected chi connectivity index (χ4v) is 4.73. The van der Waals surface area contributed by atoms with Crippen molar-refractivity contribution in [1.29, 1.82) is 0 Å². The Morgan fingerprint density at radius 1 is 1.17 bits per heavy atom. The smallest absolute Gasteiger partial charge is 0.251 e. The maximum Gasteiger partial charge on any atom is 0.251 e. The van der Waals surface area contributed by atoms with E-state index in [-0.39, 0.29) is 10.1 Å². The molecule has 1 unspecified atom stereocenters. The van der Waals surface area contributed by atoms with E-state index in [1.807, 2.05) is 43.3 Å². The second kappa shape index (κ2) is 6.84. The zero-order chi connectivity index (χ0) is 17.2. The number of hydrogen-bond acceptors (Lipinski definition) is 6. The fraction of sp³-hybridized carbons (Fsp3) is 0.250. The van der Waals surface area contributed by atoms with Gasteiger partial charge in [0.1, 0.15) is 10.3 Å². The summed E-state index contributed by atoms with van der Waals surface area (Å²) >= 11 is 1.26. The molecule has 126 valence electrons. The van der Waals surface area contributed by atoms with Crippen LogP contribution in [0.15, 0.2) is 51.1 Å². The van der Waals surface area contributed by atoms with Crippen LogP contribution in [-0.4, -0.2) is 18.6 Å². The van der Waals surface area contributed by atoms with Gasteiger partial charge in [-0.3, -0.25) is 0 Å². The number of nitrogens with one attached hydrogen (secondary N) is 1. The number of benzene rings is 1. The SMILES string of the molecule is CCc1ccc(S(=O)(=O)NC(c2ccccc2)c2nnc(C)o2)s1. The molecule has 0 aliphatic rings. The van der Waals surface area contributed by atoms with E-state index in [1.165, 1.54) is 11.3 Å². The molecule has 0 bridgehead atoms. The molecule has 0 saturated heterocycles. The lowest BCUT2D eigenvalue weighted by Crippen LogP contribution is -2.29. The summed E-state index contributed by atoms with van der Waals surface area (Å²) in [5.74, 6) is 0.601. The summed E-state index contributed by atoms with van der Waals surface area (Å²) in [4.78, 5) is 1.01. The minimum absolute atomic E-state index is 0.217. The standard InChI is InChI=1S/C16H17N3O3S2/c1-3-13-9-10-14(23-13)24(20,21)19-15(12-7-5-4-6-8-12)16-18-17-11(2)22-16/h4-10,15,19H,3H2,1-2H3. The van der Waals surface area contributed by atoms with Crippen LogP contribution in [-0.2, 0) is 16.4 Å². The molecule has 6 nitrogen and oxygen atoms in total. The third kappa shape index (κ3) is 3.55. The molecular formula is C16H17N3O3S2. The maximum absolute atomic E-state index is 12.7. The molecule has 0 radical (unpaired) electrons. The third-order valence-electron chi connectivity index (χ3n) is 3.44. The first-order valence-electron chi connectivity index (χ1n) is 7.45. The quantitative estimate of drug-likeness (QED) is 0.727. The highest BCUT2D eigenvalue weighted by Crippen LogP contribution is 2.27. The van der Waals surface area contributed by atoms with Gasteiger partial charge in [-0.15, -0.1) is 21.5 Å². The lowest BCUT2D eigenvalue weighted by molar-refractivity contribution is 0.437. The molecule has 3 aromatic rings. The van der Waals surface area contributed by atoms with Gasteiger partial charge in [0.15, 0.2) is 0 Å². The Morgan fingerprint density at radius 3 is 2.50 bits per heavy atom. The number of hydrogen-bond donors (Lipinski definition) is 1. The summed E-state index contributed by atoms with van der Waals surface area (Å²) in [5.41, 5.74) is 0.733. The summed E-state index contributed by atoms with van der Waals surface area (Å²) in [6.07, 6.45) is 0.797. The average molecular weight is 363 g/mol. The van der Waals surface area contributed by atoms with E-state index in [9.17, 15) is 8.42 Å². The first-order chi connectivity index (χ1) is 11.5. The zero-order valence-electron chi connectivity index (χ0n) is 13.3. The van der Waals surface area contributed by atoms with Gasteiger partial charge in [-0.1, -0.05) is 37.3 Å². The van der Waals surface area contributed by atoms with E-state index in [0.717, 1.165) is 16.9 Å². The van der Waals surface area contributed by atoms with Gasteiger partial charge in [0.2, 0.25) is 11.8 Å². The van der Waals surface area contributed by atoms with Gasteiger partial charge in [-0.2, -0.15) is 4.72 Å². The molecular weight excluding hydrogens is 346 g/mol. The van der Waals surface area contributed by atoms with Gasteiger partial charge in [0.25, 0.3) is 10.0 Å². The molecule has 2 aromatic heterocycles. The second-order valence-electron chi connectivity index (χ2n) is 5.20. The number of aromatic nitrogens is 2. The van der Waals surface area contributed by atoms with Crippen LogP contribution >= 0.6 is 11.3 Å². The highest BCUT2D eigenvalue weighted by atomic mass is 32.2. The Kier molecular flexibility index (Phi) is 4.79. The molecule has 1 aromatic carbocycles. The molecule has 0 amide bonds. The topological polar surface area (TPSA) is 85.1 Å². The number of sulfonamides is 1. The van der Waals surface area contributed by atoms with Crippen LogP contribution < -0.4 is 4.72 Å². The largest absolute Gasteiger partial charge is 0.423 e. The number of nitrogens with zero attached hydrogens (tertiary/aromatic N) is 2. The Balaban J connectivity index is 1.97. The van der Waals surface area contributed by atoms with Crippen LogP contribution in [0.5, 0.6) is 0 Å². The molecule has 0 aliphatic carbocycles. The second-order valence-corrected chi connectivity index (χ2v) is 8.31. The van der Waals surface area contributed by atoms with E-state index >= 15 is 0 Å². The minimum Gasteiger partial charge on any atom is -0.423 e. The monoisotopic (exact) mass is 363 g/mol. The summed E-state index contributed by atoms with van der Waals surface area (Å²) in [6.45, 7) is 3.66. The molecule has 8 heteroatoms. The van der Waals surface area contributed by atoms with Crippen LogP contribution in [0.3, 0.4) is 0 Å². The summed E-state index contributed by atoms with van der Waals surface area (Å²) in [5, 5.41) is 7.79. The highest BCUT2D eigenvalue weighted by Gasteiger charge is 2.27. The molecule has 1 atom stereocenters. The number of aryl methyl sites for hydroxylation is 2. The zero-order valence-corrected chi connectivity index (χ0v) is 14.9. The Labute approximate surface area is 144 Å². The van der Waals surface area contributed by atoms with Crippen LogP contribution in [0.1, 0.15) is 35.2 Å². The van der Waals surface area contributed by atoms with E-state index < -0.39 is 16.1 Å². The molecule has 1 N–H and O–H groups in total. The predicted octanol–water partition coefficient (Wildman–Crippen LogP) is 3.07. The van der Waals surface area contributed by atoms with Crippen molar-refractivity contribution >= 4 is 21.4 Å². The average Bonchev–Trinajstić information content (AvgIpc) is 3.23.